The summed E-state index contributed by atoms with van der Waals surface area (Å²) in [5.74, 6) is 1.57. The van der Waals surface area contributed by atoms with E-state index in [0.29, 0.717) is 5.95 Å². The maximum absolute atomic E-state index is 5.80. The van der Waals surface area contributed by atoms with Gasteiger partial charge < -0.3 is 5.73 Å². The Morgan fingerprint density at radius 2 is 2.09 bits per heavy atom. The molecule has 0 atom stereocenters. The van der Waals surface area contributed by atoms with Crippen molar-refractivity contribution in [3.63, 3.8) is 0 Å². The van der Waals surface area contributed by atoms with Crippen LogP contribution in [0.15, 0.2) is 40.5 Å². The molecule has 0 bridgehead atoms. The van der Waals surface area contributed by atoms with E-state index in [-0.39, 0.29) is 0 Å². The number of aryl methyl sites for hydroxylation is 1. The van der Waals surface area contributed by atoms with Gasteiger partial charge in [0.15, 0.2) is 0 Å². The molecule has 0 amide bonds. The van der Waals surface area contributed by atoms with Crippen molar-refractivity contribution in [2.75, 3.05) is 11.5 Å². The highest BCUT2D eigenvalue weighted by Gasteiger charge is 2.02. The van der Waals surface area contributed by atoms with Gasteiger partial charge in [0, 0.05) is 10.5 Å². The summed E-state index contributed by atoms with van der Waals surface area (Å²) < 4.78 is 1.61. The third-order valence-corrected chi connectivity index (χ3v) is 4.51. The van der Waals surface area contributed by atoms with Gasteiger partial charge in [0.25, 0.3) is 0 Å². The van der Waals surface area contributed by atoms with Crippen molar-refractivity contribution in [1.29, 1.82) is 0 Å². The summed E-state index contributed by atoms with van der Waals surface area (Å²) in [5, 5.41) is 4.41. The van der Waals surface area contributed by atoms with Crippen LogP contribution in [0.1, 0.15) is 43.9 Å². The molecule has 5 heteroatoms. The molecule has 1 heterocycles. The summed E-state index contributed by atoms with van der Waals surface area (Å²) in [6, 6.07) is 8.33. The van der Waals surface area contributed by atoms with Crippen molar-refractivity contribution in [2.45, 2.75) is 44.4 Å². The topological polar surface area (TPSA) is 56.2 Å². The van der Waals surface area contributed by atoms with Gasteiger partial charge in [0.1, 0.15) is 0 Å². The van der Waals surface area contributed by atoms with Crippen LogP contribution in [0.2, 0.25) is 0 Å². The lowest BCUT2D eigenvalue weighted by atomic mass is 10.2. The first-order valence-corrected chi connectivity index (χ1v) is 8.77. The molecule has 0 aliphatic carbocycles. The van der Waals surface area contributed by atoms with Crippen LogP contribution in [-0.2, 0) is 0 Å². The van der Waals surface area contributed by atoms with Crippen molar-refractivity contribution in [3.8, 4) is 0 Å². The summed E-state index contributed by atoms with van der Waals surface area (Å²) in [6.07, 6.45) is 8.85. The second-order valence-electron chi connectivity index (χ2n) is 5.28. The van der Waals surface area contributed by atoms with Crippen molar-refractivity contribution in [2.24, 2.45) is 5.10 Å². The summed E-state index contributed by atoms with van der Waals surface area (Å²) in [4.78, 5) is 5.41. The van der Waals surface area contributed by atoms with Gasteiger partial charge in [-0.05, 0) is 25.2 Å². The van der Waals surface area contributed by atoms with Crippen LogP contribution < -0.4 is 5.73 Å². The lowest BCUT2D eigenvalue weighted by Gasteiger charge is -2.05. The van der Waals surface area contributed by atoms with E-state index in [0.717, 1.165) is 17.0 Å². The summed E-state index contributed by atoms with van der Waals surface area (Å²) in [7, 11) is 0. The fourth-order valence-corrected chi connectivity index (χ4v) is 3.18. The third-order valence-electron chi connectivity index (χ3n) is 3.33. The van der Waals surface area contributed by atoms with E-state index in [1.54, 1.807) is 4.68 Å². The molecule has 0 saturated heterocycles. The zero-order chi connectivity index (χ0) is 15.8. The average molecular weight is 316 g/mol. The van der Waals surface area contributed by atoms with E-state index in [9.17, 15) is 0 Å². The largest absolute Gasteiger partial charge is 0.368 e. The smallest absolute Gasteiger partial charge is 0.221 e. The van der Waals surface area contributed by atoms with Crippen LogP contribution >= 0.6 is 11.8 Å². The fourth-order valence-electron chi connectivity index (χ4n) is 2.15. The number of nitrogens with zero attached hydrogens (tertiary/aromatic N) is 3. The second-order valence-corrected chi connectivity index (χ2v) is 6.41. The SMILES string of the molecule is CCCCCCSc1ccccc1C=Nn1cc(C)nc1N. The van der Waals surface area contributed by atoms with Gasteiger partial charge in [0.2, 0.25) is 5.95 Å². The molecule has 4 nitrogen and oxygen atoms in total. The molecule has 0 aliphatic rings. The Morgan fingerprint density at radius 3 is 2.82 bits per heavy atom. The van der Waals surface area contributed by atoms with Crippen LogP contribution in [0.25, 0.3) is 0 Å². The molecule has 0 aliphatic heterocycles. The Labute approximate surface area is 136 Å². The predicted molar refractivity (Wildman–Crippen MR) is 95.7 cm³/mol. The summed E-state index contributed by atoms with van der Waals surface area (Å²) >= 11 is 1.89. The van der Waals surface area contributed by atoms with Crippen LogP contribution in [-0.4, -0.2) is 21.6 Å². The first-order valence-electron chi connectivity index (χ1n) is 7.78. The van der Waals surface area contributed by atoms with Crippen LogP contribution in [0.5, 0.6) is 0 Å². The lowest BCUT2D eigenvalue weighted by molar-refractivity contribution is 0.706. The number of thioether (sulfide) groups is 1. The van der Waals surface area contributed by atoms with Crippen LogP contribution in [0, 0.1) is 6.92 Å². The number of hydrogen-bond acceptors (Lipinski definition) is 4. The fraction of sp³-hybridized carbons (Fsp3) is 0.412. The molecule has 1 aromatic carbocycles. The highest BCUT2D eigenvalue weighted by molar-refractivity contribution is 7.99. The highest BCUT2D eigenvalue weighted by Crippen LogP contribution is 2.23. The number of unbranched alkanes of at least 4 members (excludes halogenated alkanes) is 3. The zero-order valence-corrected chi connectivity index (χ0v) is 14.1. The van der Waals surface area contributed by atoms with E-state index in [2.05, 4.69) is 35.2 Å². The van der Waals surface area contributed by atoms with Gasteiger partial charge in [0.05, 0.1) is 18.1 Å². The first-order chi connectivity index (χ1) is 10.7. The number of rotatable bonds is 8. The predicted octanol–water partition coefficient (Wildman–Crippen LogP) is 4.33. The van der Waals surface area contributed by atoms with Gasteiger partial charge in [-0.1, -0.05) is 44.4 Å². The Hall–Kier alpha value is -1.75. The number of nitrogens with two attached hydrogens (primary N) is 1. The number of aromatic nitrogens is 2. The molecule has 0 unspecified atom stereocenters. The molecular weight excluding hydrogens is 292 g/mol. The van der Waals surface area contributed by atoms with Crippen molar-refractivity contribution >= 4 is 23.9 Å². The monoisotopic (exact) mass is 316 g/mol. The average Bonchev–Trinajstić information content (AvgIpc) is 2.84. The van der Waals surface area contributed by atoms with E-state index in [4.69, 9.17) is 5.73 Å². The molecular formula is C17H24N4S. The van der Waals surface area contributed by atoms with Gasteiger partial charge in [-0.15, -0.1) is 11.8 Å². The number of nitrogen functional groups attached to an aromatic ring is 1. The minimum absolute atomic E-state index is 0.415. The highest BCUT2D eigenvalue weighted by atomic mass is 32.2. The molecule has 118 valence electrons. The van der Waals surface area contributed by atoms with E-state index in [1.165, 1.54) is 30.6 Å². The summed E-state index contributed by atoms with van der Waals surface area (Å²) in [5.41, 5.74) is 7.79. The van der Waals surface area contributed by atoms with E-state index >= 15 is 0 Å². The number of hydrogen-bond donors (Lipinski definition) is 1. The van der Waals surface area contributed by atoms with Gasteiger partial charge in [-0.2, -0.15) is 5.10 Å². The Bertz CT molecular complexity index is 619. The molecule has 0 radical (unpaired) electrons. The normalized spacial score (nSPS) is 11.4. The molecule has 0 fully saturated rings. The summed E-state index contributed by atoms with van der Waals surface area (Å²) in [6.45, 7) is 4.14. The lowest BCUT2D eigenvalue weighted by Crippen LogP contribution is -1.97. The number of imidazole rings is 1. The second kappa shape index (κ2) is 8.63. The van der Waals surface area contributed by atoms with Crippen LogP contribution in [0.4, 0.5) is 5.95 Å². The molecule has 2 rings (SSSR count). The van der Waals surface area contributed by atoms with E-state index < -0.39 is 0 Å². The van der Waals surface area contributed by atoms with Crippen molar-refractivity contribution in [1.82, 2.24) is 9.66 Å². The van der Waals surface area contributed by atoms with Gasteiger partial charge in [-0.25, -0.2) is 9.66 Å². The molecule has 22 heavy (non-hydrogen) atoms. The van der Waals surface area contributed by atoms with Gasteiger partial charge in [-0.3, -0.25) is 0 Å². The maximum Gasteiger partial charge on any atom is 0.221 e. The number of benzene rings is 1. The molecule has 2 aromatic rings. The Balaban J connectivity index is 2.00. The molecule has 0 saturated carbocycles. The Kier molecular flexibility index (Phi) is 6.52. The third kappa shape index (κ3) is 4.91. The van der Waals surface area contributed by atoms with E-state index in [1.807, 2.05) is 37.2 Å². The molecule has 2 N–H and O–H groups in total. The zero-order valence-electron chi connectivity index (χ0n) is 13.3. The van der Waals surface area contributed by atoms with Gasteiger partial charge >= 0.3 is 0 Å². The maximum atomic E-state index is 5.80. The standard InChI is InChI=1S/C17H24N4S/c1-3-4-5-8-11-22-16-10-7-6-9-15(16)12-19-21-13-14(2)20-17(21)18/h6-7,9-10,12-13H,3-5,8,11H2,1-2H3,(H2,18,20). The Morgan fingerprint density at radius 1 is 1.27 bits per heavy atom. The first kappa shape index (κ1) is 16.6. The van der Waals surface area contributed by atoms with Crippen molar-refractivity contribution in [3.05, 3.63) is 41.7 Å². The minimum atomic E-state index is 0.415. The van der Waals surface area contributed by atoms with Crippen LogP contribution in [0.3, 0.4) is 0 Å². The number of anilines is 1. The minimum Gasteiger partial charge on any atom is -0.368 e. The molecule has 0 spiro atoms. The molecule has 1 aromatic heterocycles. The van der Waals surface area contributed by atoms with Crippen molar-refractivity contribution < 1.29 is 0 Å². The quantitative estimate of drug-likeness (QED) is 0.448.